The number of anilines is 1. The predicted molar refractivity (Wildman–Crippen MR) is 141 cm³/mol. The second-order valence-corrected chi connectivity index (χ2v) is 13.4. The number of carboxylic acids is 1. The van der Waals surface area contributed by atoms with Crippen LogP contribution in [0.3, 0.4) is 0 Å². The van der Waals surface area contributed by atoms with Crippen molar-refractivity contribution in [2.24, 2.45) is 0 Å². The van der Waals surface area contributed by atoms with Crippen LogP contribution in [0.15, 0.2) is 28.0 Å². The number of carbonyl (C=O) groups is 2. The van der Waals surface area contributed by atoms with Crippen LogP contribution in [0, 0.1) is 0 Å². The maximum absolute atomic E-state index is 12.5. The summed E-state index contributed by atoms with van der Waals surface area (Å²) >= 11 is 0.746. The summed E-state index contributed by atoms with van der Waals surface area (Å²) in [6.07, 6.45) is 10.5. The zero-order valence-corrected chi connectivity index (χ0v) is 22.8. The highest BCUT2D eigenvalue weighted by Crippen LogP contribution is 2.31. The minimum absolute atomic E-state index is 0.0654. The number of amides is 1. The molecule has 0 aromatic heterocycles. The lowest BCUT2D eigenvalue weighted by molar-refractivity contribution is -0.137. The number of carbonyl (C=O) groups excluding carboxylic acids is 1. The molecule has 2 N–H and O–H groups in total. The van der Waals surface area contributed by atoms with E-state index in [-0.39, 0.29) is 17.2 Å². The van der Waals surface area contributed by atoms with E-state index < -0.39 is 27.0 Å². The van der Waals surface area contributed by atoms with Gasteiger partial charge < -0.3 is 15.0 Å². The zero-order chi connectivity index (χ0) is 25.4. The van der Waals surface area contributed by atoms with Gasteiger partial charge in [-0.15, -0.1) is 11.8 Å². The van der Waals surface area contributed by atoms with E-state index in [1.165, 1.54) is 23.9 Å². The van der Waals surface area contributed by atoms with E-state index in [0.29, 0.717) is 24.3 Å². The van der Waals surface area contributed by atoms with E-state index in [1.54, 1.807) is 6.07 Å². The van der Waals surface area contributed by atoms with E-state index in [1.807, 2.05) is 6.92 Å². The maximum Gasteiger partial charge on any atom is 0.303 e. The number of hydrogen-bond acceptors (Lipinski definition) is 6. The van der Waals surface area contributed by atoms with Gasteiger partial charge in [0.05, 0.1) is 10.6 Å². The van der Waals surface area contributed by atoms with Crippen LogP contribution in [0.2, 0.25) is 0 Å². The molecule has 1 atom stereocenters. The van der Waals surface area contributed by atoms with Gasteiger partial charge in [0.2, 0.25) is 5.91 Å². The molecule has 0 saturated carbocycles. The van der Waals surface area contributed by atoms with Crippen molar-refractivity contribution >= 4 is 50.3 Å². The Balaban J connectivity index is 2.40. The smallest absolute Gasteiger partial charge is 0.303 e. The standard InChI is InChI=1S/C24H39NO6S3/c1-3-33(29)18-11-9-7-5-4-6-8-10-13-23(26)25-21-19-20(34(2,30)31)15-16-22(21)32-17-12-14-24(27)28/h15-16,19H,3-14,17-18H2,1-2H3,(H,25,26)(H,27,28). The molecule has 1 aromatic carbocycles. The first-order valence-electron chi connectivity index (χ1n) is 12.0. The van der Waals surface area contributed by atoms with Gasteiger partial charge in [0.1, 0.15) is 11.5 Å². The van der Waals surface area contributed by atoms with E-state index in [0.717, 1.165) is 74.0 Å². The Bertz CT molecular complexity index is 860. The van der Waals surface area contributed by atoms with E-state index in [9.17, 15) is 22.6 Å². The van der Waals surface area contributed by atoms with Crippen LogP contribution in [-0.2, 0) is 30.6 Å². The van der Waals surface area contributed by atoms with E-state index >= 15 is 0 Å². The third-order valence-electron chi connectivity index (χ3n) is 5.29. The highest BCUT2D eigenvalue weighted by molar-refractivity contribution is 7.99. The second kappa shape index (κ2) is 17.2. The lowest BCUT2D eigenvalue weighted by Gasteiger charge is -2.12. The molecule has 0 fully saturated rings. The first-order valence-corrected chi connectivity index (χ1v) is 16.3. The maximum atomic E-state index is 12.5. The molecule has 1 unspecified atom stereocenters. The van der Waals surface area contributed by atoms with Crippen molar-refractivity contribution in [3.05, 3.63) is 18.2 Å². The molecule has 0 bridgehead atoms. The molecule has 0 saturated heterocycles. The molecule has 0 radical (unpaired) electrons. The largest absolute Gasteiger partial charge is 0.616 e. The van der Waals surface area contributed by atoms with Gasteiger partial charge in [0.15, 0.2) is 9.84 Å². The Morgan fingerprint density at radius 2 is 1.62 bits per heavy atom. The minimum Gasteiger partial charge on any atom is -0.616 e. The van der Waals surface area contributed by atoms with Gasteiger partial charge in [-0.1, -0.05) is 43.3 Å². The average Bonchev–Trinajstić information content (AvgIpc) is 2.77. The number of aliphatic carboxylic acids is 1. The number of carboxylic acid groups (broad SMARTS) is 1. The fourth-order valence-corrected chi connectivity index (χ4v) is 5.74. The van der Waals surface area contributed by atoms with Gasteiger partial charge in [-0.05, 0) is 56.6 Å². The molecule has 7 nitrogen and oxygen atoms in total. The van der Waals surface area contributed by atoms with Crippen LogP contribution in [0.25, 0.3) is 0 Å². The van der Waals surface area contributed by atoms with Crippen LogP contribution < -0.4 is 5.32 Å². The molecule has 0 heterocycles. The molecule has 10 heteroatoms. The van der Waals surface area contributed by atoms with Crippen molar-refractivity contribution in [2.45, 2.75) is 87.3 Å². The van der Waals surface area contributed by atoms with Crippen LogP contribution in [0.4, 0.5) is 5.69 Å². The van der Waals surface area contributed by atoms with E-state index in [2.05, 4.69) is 5.32 Å². The quantitative estimate of drug-likeness (QED) is 0.141. The summed E-state index contributed by atoms with van der Waals surface area (Å²) in [6.45, 7) is 1.95. The first kappa shape index (κ1) is 30.8. The van der Waals surface area contributed by atoms with Gasteiger partial charge in [0, 0.05) is 24.0 Å². The van der Waals surface area contributed by atoms with Crippen molar-refractivity contribution in [3.63, 3.8) is 0 Å². The Kier molecular flexibility index (Phi) is 15.6. The van der Waals surface area contributed by atoms with Crippen molar-refractivity contribution in [2.75, 3.05) is 28.8 Å². The lowest BCUT2D eigenvalue weighted by atomic mass is 10.1. The Morgan fingerprint density at radius 3 is 2.21 bits per heavy atom. The van der Waals surface area contributed by atoms with Gasteiger partial charge in [0.25, 0.3) is 0 Å². The first-order chi connectivity index (χ1) is 16.1. The van der Waals surface area contributed by atoms with Crippen molar-refractivity contribution < 1.29 is 27.7 Å². The topological polar surface area (TPSA) is 124 Å². The minimum atomic E-state index is -3.41. The molecule has 1 rings (SSSR count). The monoisotopic (exact) mass is 533 g/mol. The number of benzene rings is 1. The molecular formula is C24H39NO6S3. The molecule has 194 valence electrons. The van der Waals surface area contributed by atoms with Crippen LogP contribution >= 0.6 is 11.8 Å². The summed E-state index contributed by atoms with van der Waals surface area (Å²) in [5, 5.41) is 11.6. The highest BCUT2D eigenvalue weighted by atomic mass is 32.2. The zero-order valence-electron chi connectivity index (χ0n) is 20.3. The van der Waals surface area contributed by atoms with Gasteiger partial charge in [-0.25, -0.2) is 8.42 Å². The third-order valence-corrected chi connectivity index (χ3v) is 8.95. The van der Waals surface area contributed by atoms with Crippen molar-refractivity contribution in [1.29, 1.82) is 0 Å². The van der Waals surface area contributed by atoms with Crippen molar-refractivity contribution in [3.8, 4) is 0 Å². The number of rotatable bonds is 19. The Labute approximate surface area is 212 Å². The molecule has 0 aliphatic carbocycles. The van der Waals surface area contributed by atoms with Gasteiger partial charge >= 0.3 is 5.97 Å². The van der Waals surface area contributed by atoms with Crippen LogP contribution in [0.1, 0.15) is 77.6 Å². The summed E-state index contributed by atoms with van der Waals surface area (Å²) in [5.74, 6) is 1.10. The summed E-state index contributed by atoms with van der Waals surface area (Å²) in [7, 11) is -3.41. The fourth-order valence-electron chi connectivity index (χ4n) is 3.34. The summed E-state index contributed by atoms with van der Waals surface area (Å²) < 4.78 is 35.2. The number of nitrogens with one attached hydrogen (secondary N) is 1. The lowest BCUT2D eigenvalue weighted by Crippen LogP contribution is -2.12. The molecule has 1 amide bonds. The van der Waals surface area contributed by atoms with Gasteiger partial charge in [-0.2, -0.15) is 0 Å². The Morgan fingerprint density at radius 1 is 1.00 bits per heavy atom. The molecule has 0 spiro atoms. The van der Waals surface area contributed by atoms with Crippen LogP contribution in [0.5, 0.6) is 0 Å². The predicted octanol–water partition coefficient (Wildman–Crippen LogP) is 5.27. The van der Waals surface area contributed by atoms with Crippen molar-refractivity contribution in [1.82, 2.24) is 0 Å². The average molecular weight is 534 g/mol. The third kappa shape index (κ3) is 14.2. The van der Waals surface area contributed by atoms with Crippen LogP contribution in [-0.4, -0.2) is 53.5 Å². The number of sulfone groups is 1. The Hall–Kier alpha value is -1.23. The highest BCUT2D eigenvalue weighted by Gasteiger charge is 2.14. The molecule has 1 aromatic rings. The van der Waals surface area contributed by atoms with E-state index in [4.69, 9.17) is 5.11 Å². The molecule has 0 aliphatic heterocycles. The SMILES string of the molecule is CC[S+]([O-])CCCCCCCCCCC(=O)Nc1cc(S(C)(=O)=O)ccc1SCCCC(=O)O. The fraction of sp³-hybridized carbons (Fsp3) is 0.667. The normalized spacial score (nSPS) is 12.4. The second-order valence-electron chi connectivity index (χ2n) is 8.34. The molecule has 0 aliphatic rings. The number of unbranched alkanes of at least 4 members (excludes halogenated alkanes) is 7. The van der Waals surface area contributed by atoms with Gasteiger partial charge in [-0.3, -0.25) is 9.59 Å². The summed E-state index contributed by atoms with van der Waals surface area (Å²) in [4.78, 5) is 24.0. The summed E-state index contributed by atoms with van der Waals surface area (Å²) in [6, 6.07) is 4.65. The number of thioether (sulfide) groups is 1. The number of hydrogen-bond donors (Lipinski definition) is 2. The summed E-state index contributed by atoms with van der Waals surface area (Å²) in [5.41, 5.74) is 0.456. The molecular weight excluding hydrogens is 494 g/mol. The molecule has 34 heavy (non-hydrogen) atoms.